The summed E-state index contributed by atoms with van der Waals surface area (Å²) in [5.74, 6) is 0.863. The van der Waals surface area contributed by atoms with Gasteiger partial charge in [0, 0.05) is 18.6 Å². The fraction of sp³-hybridized carbons (Fsp3) is 1.00. The molecule has 0 amide bonds. The van der Waals surface area contributed by atoms with Crippen LogP contribution in [0.2, 0.25) is 0 Å². The maximum atomic E-state index is 3.96. The average molecular weight is 238 g/mol. The number of likely N-dealkylation sites (tertiary alicyclic amines) is 1. The van der Waals surface area contributed by atoms with Crippen molar-refractivity contribution in [1.29, 1.82) is 0 Å². The minimum absolute atomic E-state index is 0.461. The van der Waals surface area contributed by atoms with Gasteiger partial charge in [-0.15, -0.1) is 0 Å². The van der Waals surface area contributed by atoms with E-state index in [4.69, 9.17) is 0 Å². The Labute approximate surface area is 107 Å². The summed E-state index contributed by atoms with van der Waals surface area (Å²) in [6.45, 7) is 9.76. The lowest BCUT2D eigenvalue weighted by Crippen LogP contribution is -2.48. The Hall–Kier alpha value is -0.0800. The van der Waals surface area contributed by atoms with E-state index < -0.39 is 0 Å². The third kappa shape index (κ3) is 3.45. The van der Waals surface area contributed by atoms with Gasteiger partial charge in [-0.1, -0.05) is 33.6 Å². The Morgan fingerprint density at radius 2 is 1.76 bits per heavy atom. The van der Waals surface area contributed by atoms with Gasteiger partial charge in [0.25, 0.3) is 0 Å². The minimum Gasteiger partial charge on any atom is -0.310 e. The first-order valence-electron chi connectivity index (χ1n) is 7.41. The molecule has 2 nitrogen and oxygen atoms in total. The molecule has 1 saturated heterocycles. The number of nitrogens with zero attached hydrogens (tertiary/aromatic N) is 1. The molecule has 17 heavy (non-hydrogen) atoms. The van der Waals surface area contributed by atoms with Gasteiger partial charge in [-0.2, -0.15) is 0 Å². The standard InChI is InChI=1S/C15H30N2/c1-15(2,3)13-7-5-6-8-14(13)16-12-9-10-17(4)11-12/h12-14,16H,5-11H2,1-4H3. The molecule has 0 aromatic heterocycles. The van der Waals surface area contributed by atoms with E-state index in [9.17, 15) is 0 Å². The second-order valence-electron chi connectivity index (χ2n) is 7.28. The molecule has 0 aromatic carbocycles. The van der Waals surface area contributed by atoms with Crippen LogP contribution in [0.1, 0.15) is 52.9 Å². The Morgan fingerprint density at radius 1 is 1.06 bits per heavy atom. The lowest BCUT2D eigenvalue weighted by molar-refractivity contribution is 0.123. The highest BCUT2D eigenvalue weighted by atomic mass is 15.2. The van der Waals surface area contributed by atoms with Crippen molar-refractivity contribution in [3.8, 4) is 0 Å². The molecule has 1 heterocycles. The maximum Gasteiger partial charge on any atom is 0.0209 e. The molecule has 0 bridgehead atoms. The first kappa shape index (κ1) is 13.4. The molecular formula is C15H30N2. The molecule has 3 atom stereocenters. The van der Waals surface area contributed by atoms with Crippen molar-refractivity contribution in [3.63, 3.8) is 0 Å². The van der Waals surface area contributed by atoms with Crippen LogP contribution in [0, 0.1) is 11.3 Å². The van der Waals surface area contributed by atoms with E-state index in [2.05, 4.69) is 38.0 Å². The summed E-state index contributed by atoms with van der Waals surface area (Å²) >= 11 is 0. The first-order valence-corrected chi connectivity index (χ1v) is 7.41. The topological polar surface area (TPSA) is 15.3 Å². The van der Waals surface area contributed by atoms with E-state index in [0.29, 0.717) is 5.41 Å². The van der Waals surface area contributed by atoms with E-state index in [0.717, 1.165) is 18.0 Å². The average Bonchev–Trinajstić information content (AvgIpc) is 2.63. The lowest BCUT2D eigenvalue weighted by Gasteiger charge is -2.42. The van der Waals surface area contributed by atoms with Gasteiger partial charge >= 0.3 is 0 Å². The van der Waals surface area contributed by atoms with Crippen LogP contribution in [0.4, 0.5) is 0 Å². The van der Waals surface area contributed by atoms with Crippen molar-refractivity contribution < 1.29 is 0 Å². The molecule has 1 aliphatic carbocycles. The van der Waals surface area contributed by atoms with Gasteiger partial charge in [-0.25, -0.2) is 0 Å². The van der Waals surface area contributed by atoms with Crippen LogP contribution in [0.25, 0.3) is 0 Å². The Morgan fingerprint density at radius 3 is 2.35 bits per heavy atom. The van der Waals surface area contributed by atoms with Gasteiger partial charge in [-0.3, -0.25) is 0 Å². The molecule has 100 valence electrons. The van der Waals surface area contributed by atoms with Crippen LogP contribution >= 0.6 is 0 Å². The Balaban J connectivity index is 1.92. The zero-order valence-electron chi connectivity index (χ0n) is 12.1. The molecule has 2 rings (SSSR count). The highest BCUT2D eigenvalue weighted by Gasteiger charge is 2.35. The quantitative estimate of drug-likeness (QED) is 0.796. The summed E-state index contributed by atoms with van der Waals surface area (Å²) in [5, 5.41) is 3.96. The zero-order chi connectivity index (χ0) is 12.5. The van der Waals surface area contributed by atoms with Crippen LogP contribution in [-0.2, 0) is 0 Å². The van der Waals surface area contributed by atoms with Gasteiger partial charge in [-0.05, 0) is 44.2 Å². The van der Waals surface area contributed by atoms with E-state index in [1.165, 1.54) is 45.2 Å². The predicted molar refractivity (Wildman–Crippen MR) is 74.2 cm³/mol. The van der Waals surface area contributed by atoms with Crippen LogP contribution in [0.5, 0.6) is 0 Å². The molecule has 2 fully saturated rings. The van der Waals surface area contributed by atoms with Crippen molar-refractivity contribution in [2.24, 2.45) is 11.3 Å². The van der Waals surface area contributed by atoms with E-state index in [1.54, 1.807) is 0 Å². The second-order valence-corrected chi connectivity index (χ2v) is 7.28. The SMILES string of the molecule is CN1CCC(NC2CCCCC2C(C)(C)C)C1. The number of likely N-dealkylation sites (N-methyl/N-ethyl adjacent to an activating group) is 1. The number of hydrogen-bond acceptors (Lipinski definition) is 2. The second kappa shape index (κ2) is 5.27. The maximum absolute atomic E-state index is 3.96. The van der Waals surface area contributed by atoms with Crippen molar-refractivity contribution in [1.82, 2.24) is 10.2 Å². The van der Waals surface area contributed by atoms with Crippen LogP contribution < -0.4 is 5.32 Å². The minimum atomic E-state index is 0.461. The smallest absolute Gasteiger partial charge is 0.0209 e. The summed E-state index contributed by atoms with van der Waals surface area (Å²) in [6, 6.07) is 1.51. The largest absolute Gasteiger partial charge is 0.310 e. The number of nitrogens with one attached hydrogen (secondary N) is 1. The normalized spacial score (nSPS) is 36.4. The van der Waals surface area contributed by atoms with Gasteiger partial charge in [0.2, 0.25) is 0 Å². The molecule has 2 heteroatoms. The monoisotopic (exact) mass is 238 g/mol. The van der Waals surface area contributed by atoms with E-state index in [-0.39, 0.29) is 0 Å². The van der Waals surface area contributed by atoms with Crippen molar-refractivity contribution in [3.05, 3.63) is 0 Å². The van der Waals surface area contributed by atoms with Crippen molar-refractivity contribution in [2.75, 3.05) is 20.1 Å². The number of hydrogen-bond donors (Lipinski definition) is 1. The van der Waals surface area contributed by atoms with Gasteiger partial charge in [0.1, 0.15) is 0 Å². The predicted octanol–water partition coefficient (Wildman–Crippen LogP) is 2.89. The van der Waals surface area contributed by atoms with Crippen LogP contribution in [-0.4, -0.2) is 37.1 Å². The van der Waals surface area contributed by atoms with Gasteiger partial charge in [0.15, 0.2) is 0 Å². The molecule has 1 N–H and O–H groups in total. The molecule has 0 aromatic rings. The first-order chi connectivity index (χ1) is 7.97. The number of rotatable bonds is 2. The summed E-state index contributed by atoms with van der Waals surface area (Å²) in [7, 11) is 2.24. The zero-order valence-corrected chi connectivity index (χ0v) is 12.1. The molecular weight excluding hydrogens is 208 g/mol. The highest BCUT2D eigenvalue weighted by molar-refractivity contribution is 4.91. The van der Waals surface area contributed by atoms with E-state index in [1.807, 2.05) is 0 Å². The molecule has 2 aliphatic rings. The highest BCUT2D eigenvalue weighted by Crippen LogP contribution is 2.38. The molecule has 0 spiro atoms. The summed E-state index contributed by atoms with van der Waals surface area (Å²) in [6.07, 6.45) is 7.01. The summed E-state index contributed by atoms with van der Waals surface area (Å²) in [5.41, 5.74) is 0.461. The fourth-order valence-corrected chi connectivity index (χ4v) is 3.74. The van der Waals surface area contributed by atoms with Gasteiger partial charge in [0.05, 0.1) is 0 Å². The van der Waals surface area contributed by atoms with Crippen LogP contribution in [0.15, 0.2) is 0 Å². The molecule has 3 unspecified atom stereocenters. The van der Waals surface area contributed by atoms with Crippen LogP contribution in [0.3, 0.4) is 0 Å². The Kier molecular flexibility index (Phi) is 4.14. The summed E-state index contributed by atoms with van der Waals surface area (Å²) in [4.78, 5) is 2.45. The third-order valence-corrected chi connectivity index (χ3v) is 4.72. The van der Waals surface area contributed by atoms with Gasteiger partial charge < -0.3 is 10.2 Å². The van der Waals surface area contributed by atoms with Crippen molar-refractivity contribution in [2.45, 2.75) is 65.0 Å². The summed E-state index contributed by atoms with van der Waals surface area (Å²) < 4.78 is 0. The lowest BCUT2D eigenvalue weighted by atomic mass is 9.69. The van der Waals surface area contributed by atoms with Crippen molar-refractivity contribution >= 4 is 0 Å². The third-order valence-electron chi connectivity index (χ3n) is 4.72. The fourth-order valence-electron chi connectivity index (χ4n) is 3.74. The molecule has 0 radical (unpaired) electrons. The van der Waals surface area contributed by atoms with E-state index >= 15 is 0 Å². The Bertz CT molecular complexity index is 244. The molecule has 1 saturated carbocycles. The molecule has 1 aliphatic heterocycles.